The lowest BCUT2D eigenvalue weighted by atomic mass is 10.1. The molecule has 0 N–H and O–H groups in total. The number of esters is 1. The Morgan fingerprint density at radius 2 is 1.52 bits per heavy atom. The van der Waals surface area contributed by atoms with E-state index in [1.54, 1.807) is 36.4 Å². The monoisotopic (exact) mass is 443 g/mol. The van der Waals surface area contributed by atoms with Crippen LogP contribution in [0.5, 0.6) is 0 Å². The second kappa shape index (κ2) is 8.81. The maximum absolute atomic E-state index is 12.8. The molecule has 162 valence electrons. The Morgan fingerprint density at radius 3 is 2.03 bits per heavy atom. The van der Waals surface area contributed by atoms with Crippen LogP contribution in [0.4, 0.5) is 0 Å². The first-order chi connectivity index (χ1) is 14.6. The third-order valence-corrected chi connectivity index (χ3v) is 5.87. The van der Waals surface area contributed by atoms with Gasteiger partial charge in [-0.15, -0.1) is 0 Å². The smallest absolute Gasteiger partial charge is 0.329 e. The molecular formula is C22H21NO7S. The average molecular weight is 443 g/mol. The molecule has 1 aliphatic rings. The standard InChI is InChI=1S/C22H21NO7S/c1-14-7-9-15(10-8-14)19(24)13-30-22(27)18(11-12-31(2,28)29)23-20(25)16-5-3-4-6-17(16)21(23)26/h3-10,18H,11-13H2,1-2H3. The molecule has 1 aliphatic heterocycles. The van der Waals surface area contributed by atoms with Gasteiger partial charge in [0.1, 0.15) is 15.9 Å². The van der Waals surface area contributed by atoms with Crippen LogP contribution in [0.3, 0.4) is 0 Å². The van der Waals surface area contributed by atoms with Crippen LogP contribution < -0.4 is 0 Å². The molecule has 0 saturated carbocycles. The van der Waals surface area contributed by atoms with Gasteiger partial charge in [0.2, 0.25) is 0 Å². The number of ketones is 1. The fraction of sp³-hybridized carbons (Fsp3) is 0.273. The first-order valence-corrected chi connectivity index (χ1v) is 11.6. The molecule has 3 rings (SSSR count). The normalized spacial score (nSPS) is 14.3. The molecule has 9 heteroatoms. The molecule has 1 atom stereocenters. The summed E-state index contributed by atoms with van der Waals surface area (Å²) >= 11 is 0. The summed E-state index contributed by atoms with van der Waals surface area (Å²) in [4.78, 5) is 51.3. The number of aryl methyl sites for hydroxylation is 1. The zero-order chi connectivity index (χ0) is 22.8. The van der Waals surface area contributed by atoms with Gasteiger partial charge in [-0.3, -0.25) is 19.3 Å². The molecule has 0 aromatic heterocycles. The van der Waals surface area contributed by atoms with Crippen molar-refractivity contribution in [1.82, 2.24) is 4.90 Å². The molecule has 2 aromatic carbocycles. The van der Waals surface area contributed by atoms with Gasteiger partial charge in [-0.05, 0) is 25.5 Å². The number of ether oxygens (including phenoxy) is 1. The first-order valence-electron chi connectivity index (χ1n) is 9.49. The molecule has 0 radical (unpaired) electrons. The first kappa shape index (κ1) is 22.4. The Labute approximate surface area is 179 Å². The molecule has 0 aliphatic carbocycles. The van der Waals surface area contributed by atoms with Crippen LogP contribution in [-0.4, -0.2) is 61.5 Å². The summed E-state index contributed by atoms with van der Waals surface area (Å²) in [6.45, 7) is 1.27. The molecule has 1 heterocycles. The summed E-state index contributed by atoms with van der Waals surface area (Å²) in [5.74, 6) is -3.33. The van der Waals surface area contributed by atoms with Gasteiger partial charge in [-0.1, -0.05) is 42.0 Å². The molecule has 2 aromatic rings. The molecule has 0 spiro atoms. The van der Waals surface area contributed by atoms with E-state index in [4.69, 9.17) is 4.74 Å². The van der Waals surface area contributed by atoms with E-state index >= 15 is 0 Å². The van der Waals surface area contributed by atoms with Gasteiger partial charge in [0.15, 0.2) is 12.4 Å². The van der Waals surface area contributed by atoms with Gasteiger partial charge in [-0.2, -0.15) is 0 Å². The lowest BCUT2D eigenvalue weighted by Gasteiger charge is -2.24. The highest BCUT2D eigenvalue weighted by molar-refractivity contribution is 7.90. The van der Waals surface area contributed by atoms with Crippen molar-refractivity contribution in [1.29, 1.82) is 0 Å². The predicted molar refractivity (Wildman–Crippen MR) is 112 cm³/mol. The van der Waals surface area contributed by atoms with Crippen molar-refractivity contribution in [2.24, 2.45) is 0 Å². The average Bonchev–Trinajstić information content (AvgIpc) is 2.97. The highest BCUT2D eigenvalue weighted by atomic mass is 32.2. The van der Waals surface area contributed by atoms with E-state index in [0.717, 1.165) is 11.8 Å². The quantitative estimate of drug-likeness (QED) is 0.347. The van der Waals surface area contributed by atoms with Crippen LogP contribution in [0.25, 0.3) is 0 Å². The van der Waals surface area contributed by atoms with E-state index in [2.05, 4.69) is 0 Å². The lowest BCUT2D eigenvalue weighted by molar-refractivity contribution is -0.147. The Morgan fingerprint density at radius 1 is 0.968 bits per heavy atom. The Balaban J connectivity index is 1.79. The summed E-state index contributed by atoms with van der Waals surface area (Å²) in [5.41, 5.74) is 1.55. The van der Waals surface area contributed by atoms with E-state index in [-0.39, 0.29) is 17.5 Å². The van der Waals surface area contributed by atoms with Crippen LogP contribution in [0.1, 0.15) is 43.1 Å². The maximum atomic E-state index is 12.8. The molecule has 0 saturated heterocycles. The van der Waals surface area contributed by atoms with Crippen molar-refractivity contribution in [2.45, 2.75) is 19.4 Å². The number of hydrogen-bond donors (Lipinski definition) is 0. The van der Waals surface area contributed by atoms with Gasteiger partial charge in [0, 0.05) is 11.8 Å². The maximum Gasteiger partial charge on any atom is 0.329 e. The van der Waals surface area contributed by atoms with Gasteiger partial charge < -0.3 is 4.74 Å². The van der Waals surface area contributed by atoms with Crippen LogP contribution in [0.15, 0.2) is 48.5 Å². The van der Waals surface area contributed by atoms with Gasteiger partial charge in [0.25, 0.3) is 11.8 Å². The third-order valence-electron chi connectivity index (χ3n) is 4.89. The minimum absolute atomic E-state index is 0.125. The van der Waals surface area contributed by atoms with Gasteiger partial charge in [-0.25, -0.2) is 13.2 Å². The van der Waals surface area contributed by atoms with Crippen molar-refractivity contribution >= 4 is 33.4 Å². The molecule has 8 nitrogen and oxygen atoms in total. The molecule has 0 bridgehead atoms. The molecular weight excluding hydrogens is 422 g/mol. The minimum Gasteiger partial charge on any atom is -0.456 e. The summed E-state index contributed by atoms with van der Waals surface area (Å²) in [6, 6.07) is 11.3. The van der Waals surface area contributed by atoms with Gasteiger partial charge in [0.05, 0.1) is 16.9 Å². The van der Waals surface area contributed by atoms with Crippen LogP contribution in [0.2, 0.25) is 0 Å². The topological polar surface area (TPSA) is 115 Å². The van der Waals surface area contributed by atoms with Crippen LogP contribution in [0, 0.1) is 6.92 Å². The Bertz CT molecular complexity index is 1120. The molecule has 31 heavy (non-hydrogen) atoms. The second-order valence-electron chi connectivity index (χ2n) is 7.36. The van der Waals surface area contributed by atoms with E-state index < -0.39 is 51.8 Å². The number of sulfone groups is 1. The van der Waals surface area contributed by atoms with Crippen molar-refractivity contribution in [3.8, 4) is 0 Å². The SMILES string of the molecule is Cc1ccc(C(=O)COC(=O)C(CCS(C)(=O)=O)N2C(=O)c3ccccc3C2=O)cc1. The fourth-order valence-corrected chi connectivity index (χ4v) is 3.88. The summed E-state index contributed by atoms with van der Waals surface area (Å²) in [6.07, 6.45) is 0.653. The number of amides is 2. The number of carbonyl (C=O) groups excluding carboxylic acids is 4. The minimum atomic E-state index is -3.49. The van der Waals surface area contributed by atoms with Crippen molar-refractivity contribution < 1.29 is 32.3 Å². The zero-order valence-corrected chi connectivity index (χ0v) is 17.8. The fourth-order valence-electron chi connectivity index (χ4n) is 3.22. The number of fused-ring (bicyclic) bond motifs is 1. The number of rotatable bonds is 8. The number of carbonyl (C=O) groups is 4. The summed E-state index contributed by atoms with van der Waals surface area (Å²) in [5, 5.41) is 0. The van der Waals surface area contributed by atoms with E-state index in [0.29, 0.717) is 10.5 Å². The third kappa shape index (κ3) is 5.05. The van der Waals surface area contributed by atoms with Crippen LogP contribution in [-0.2, 0) is 19.4 Å². The summed E-state index contributed by atoms with van der Waals surface area (Å²) < 4.78 is 28.4. The predicted octanol–water partition coefficient (Wildman–Crippen LogP) is 1.82. The number of benzene rings is 2. The largest absolute Gasteiger partial charge is 0.456 e. The number of Topliss-reactive ketones (excluding diaryl/α,β-unsaturated/α-hetero) is 1. The van der Waals surface area contributed by atoms with Crippen molar-refractivity contribution in [2.75, 3.05) is 18.6 Å². The van der Waals surface area contributed by atoms with Crippen molar-refractivity contribution in [3.63, 3.8) is 0 Å². The van der Waals surface area contributed by atoms with E-state index in [1.165, 1.54) is 12.1 Å². The zero-order valence-electron chi connectivity index (χ0n) is 17.0. The lowest BCUT2D eigenvalue weighted by Crippen LogP contribution is -2.46. The highest BCUT2D eigenvalue weighted by Crippen LogP contribution is 2.26. The Kier molecular flexibility index (Phi) is 6.35. The number of hydrogen-bond acceptors (Lipinski definition) is 7. The Hall–Kier alpha value is -3.33. The summed E-state index contributed by atoms with van der Waals surface area (Å²) in [7, 11) is -3.49. The number of imide groups is 1. The van der Waals surface area contributed by atoms with E-state index in [9.17, 15) is 27.6 Å². The van der Waals surface area contributed by atoms with Gasteiger partial charge >= 0.3 is 5.97 Å². The van der Waals surface area contributed by atoms with Crippen molar-refractivity contribution in [3.05, 3.63) is 70.8 Å². The highest BCUT2D eigenvalue weighted by Gasteiger charge is 2.43. The molecule has 0 fully saturated rings. The van der Waals surface area contributed by atoms with E-state index in [1.807, 2.05) is 6.92 Å². The molecule has 2 amide bonds. The van der Waals surface area contributed by atoms with Crippen LogP contribution >= 0.6 is 0 Å². The molecule has 1 unspecified atom stereocenters. The number of nitrogens with zero attached hydrogens (tertiary/aromatic N) is 1. The second-order valence-corrected chi connectivity index (χ2v) is 9.62.